The van der Waals surface area contributed by atoms with Crippen LogP contribution in [-0.2, 0) is 5.60 Å². The van der Waals surface area contributed by atoms with Crippen molar-refractivity contribution in [3.63, 3.8) is 0 Å². The fourth-order valence-electron chi connectivity index (χ4n) is 2.14. The molecule has 0 amide bonds. The van der Waals surface area contributed by atoms with Crippen molar-refractivity contribution in [2.45, 2.75) is 31.4 Å². The minimum absolute atomic E-state index is 0.559. The SMILES string of the molecule is CC(O)(CNC1CCCSC1)c1ccccc1. The van der Waals surface area contributed by atoms with Crippen LogP contribution in [0.25, 0.3) is 0 Å². The average Bonchev–Trinajstić information content (AvgIpc) is 2.39. The van der Waals surface area contributed by atoms with Crippen molar-refractivity contribution >= 4 is 11.8 Å². The minimum atomic E-state index is -0.774. The van der Waals surface area contributed by atoms with Crippen molar-refractivity contribution in [1.29, 1.82) is 0 Å². The zero-order valence-corrected chi connectivity index (χ0v) is 11.2. The number of thioether (sulfide) groups is 1. The molecular weight excluding hydrogens is 230 g/mol. The summed E-state index contributed by atoms with van der Waals surface area (Å²) >= 11 is 2.01. The van der Waals surface area contributed by atoms with Crippen LogP contribution in [-0.4, -0.2) is 29.2 Å². The topological polar surface area (TPSA) is 32.3 Å². The third-order valence-corrected chi connectivity index (χ3v) is 4.51. The monoisotopic (exact) mass is 251 g/mol. The molecular formula is C14H21NOS. The van der Waals surface area contributed by atoms with Gasteiger partial charge in [-0.15, -0.1) is 0 Å². The average molecular weight is 251 g/mol. The molecule has 1 aliphatic heterocycles. The standard InChI is InChI=1S/C14H21NOS/c1-14(16,12-6-3-2-4-7-12)11-15-13-8-5-9-17-10-13/h2-4,6-7,13,15-16H,5,8-11H2,1H3. The molecule has 0 aliphatic carbocycles. The number of hydrogen-bond acceptors (Lipinski definition) is 3. The normalized spacial score (nSPS) is 24.2. The molecule has 0 bridgehead atoms. The highest BCUT2D eigenvalue weighted by Gasteiger charge is 2.24. The Bertz CT molecular complexity index is 333. The lowest BCUT2D eigenvalue weighted by Gasteiger charge is -2.29. The number of benzene rings is 1. The van der Waals surface area contributed by atoms with Crippen LogP contribution < -0.4 is 5.32 Å². The Kier molecular flexibility index (Phi) is 4.48. The summed E-state index contributed by atoms with van der Waals surface area (Å²) in [5, 5.41) is 13.9. The summed E-state index contributed by atoms with van der Waals surface area (Å²) in [6.07, 6.45) is 2.52. The molecule has 2 atom stereocenters. The summed E-state index contributed by atoms with van der Waals surface area (Å²) in [7, 11) is 0. The van der Waals surface area contributed by atoms with Crippen molar-refractivity contribution in [1.82, 2.24) is 5.32 Å². The van der Waals surface area contributed by atoms with Gasteiger partial charge in [0.25, 0.3) is 0 Å². The number of aliphatic hydroxyl groups is 1. The zero-order chi connectivity index (χ0) is 12.1. The van der Waals surface area contributed by atoms with E-state index in [0.29, 0.717) is 12.6 Å². The lowest BCUT2D eigenvalue weighted by molar-refractivity contribution is 0.0541. The van der Waals surface area contributed by atoms with E-state index >= 15 is 0 Å². The largest absolute Gasteiger partial charge is 0.384 e. The molecule has 1 aliphatic rings. The van der Waals surface area contributed by atoms with E-state index in [-0.39, 0.29) is 0 Å². The van der Waals surface area contributed by atoms with Crippen LogP contribution in [0.3, 0.4) is 0 Å². The van der Waals surface area contributed by atoms with E-state index in [1.807, 2.05) is 49.0 Å². The Morgan fingerprint density at radius 1 is 1.41 bits per heavy atom. The van der Waals surface area contributed by atoms with Crippen molar-refractivity contribution in [2.24, 2.45) is 0 Å². The van der Waals surface area contributed by atoms with Gasteiger partial charge in [-0.2, -0.15) is 11.8 Å². The molecule has 1 saturated heterocycles. The second-order valence-electron chi connectivity index (χ2n) is 4.93. The Morgan fingerprint density at radius 2 is 2.18 bits per heavy atom. The van der Waals surface area contributed by atoms with E-state index in [4.69, 9.17) is 0 Å². The predicted molar refractivity (Wildman–Crippen MR) is 74.4 cm³/mol. The van der Waals surface area contributed by atoms with Gasteiger partial charge in [0.15, 0.2) is 0 Å². The molecule has 2 rings (SSSR count). The van der Waals surface area contributed by atoms with Gasteiger partial charge >= 0.3 is 0 Å². The highest BCUT2D eigenvalue weighted by molar-refractivity contribution is 7.99. The molecule has 2 N–H and O–H groups in total. The second-order valence-corrected chi connectivity index (χ2v) is 6.08. The van der Waals surface area contributed by atoms with Crippen molar-refractivity contribution in [3.8, 4) is 0 Å². The van der Waals surface area contributed by atoms with Gasteiger partial charge in [0.1, 0.15) is 0 Å². The van der Waals surface area contributed by atoms with Gasteiger partial charge < -0.3 is 10.4 Å². The molecule has 2 unspecified atom stereocenters. The molecule has 0 spiro atoms. The van der Waals surface area contributed by atoms with Crippen molar-refractivity contribution < 1.29 is 5.11 Å². The summed E-state index contributed by atoms with van der Waals surface area (Å²) in [6.45, 7) is 2.51. The smallest absolute Gasteiger partial charge is 0.0992 e. The maximum atomic E-state index is 10.4. The van der Waals surface area contributed by atoms with Gasteiger partial charge in [0, 0.05) is 18.3 Å². The van der Waals surface area contributed by atoms with Crippen LogP contribution in [0.1, 0.15) is 25.3 Å². The third-order valence-electron chi connectivity index (χ3n) is 3.29. The molecule has 1 aromatic rings. The molecule has 2 nitrogen and oxygen atoms in total. The molecule has 0 saturated carbocycles. The Balaban J connectivity index is 1.88. The molecule has 17 heavy (non-hydrogen) atoms. The van der Waals surface area contributed by atoms with Gasteiger partial charge in [-0.25, -0.2) is 0 Å². The van der Waals surface area contributed by atoms with Gasteiger partial charge in [-0.3, -0.25) is 0 Å². The lowest BCUT2D eigenvalue weighted by atomic mass is 9.95. The van der Waals surface area contributed by atoms with E-state index in [0.717, 1.165) is 5.56 Å². The van der Waals surface area contributed by atoms with Crippen LogP contribution in [0.15, 0.2) is 30.3 Å². The maximum absolute atomic E-state index is 10.4. The number of rotatable bonds is 4. The first kappa shape index (κ1) is 12.9. The van der Waals surface area contributed by atoms with Crippen LogP contribution in [0.5, 0.6) is 0 Å². The number of nitrogens with one attached hydrogen (secondary N) is 1. The first-order valence-corrected chi connectivity index (χ1v) is 7.43. The van der Waals surface area contributed by atoms with Crippen LogP contribution >= 0.6 is 11.8 Å². The molecule has 3 heteroatoms. The molecule has 94 valence electrons. The molecule has 0 radical (unpaired) electrons. The van der Waals surface area contributed by atoms with E-state index < -0.39 is 5.60 Å². The van der Waals surface area contributed by atoms with Crippen LogP contribution in [0.2, 0.25) is 0 Å². The van der Waals surface area contributed by atoms with E-state index in [1.165, 1.54) is 24.3 Å². The van der Waals surface area contributed by atoms with Gasteiger partial charge in [0.05, 0.1) is 5.60 Å². The molecule has 1 fully saturated rings. The molecule has 0 aromatic heterocycles. The van der Waals surface area contributed by atoms with E-state index in [2.05, 4.69) is 5.32 Å². The Morgan fingerprint density at radius 3 is 2.82 bits per heavy atom. The fraction of sp³-hybridized carbons (Fsp3) is 0.571. The lowest BCUT2D eigenvalue weighted by Crippen LogP contribution is -2.42. The molecule has 1 heterocycles. The third kappa shape index (κ3) is 3.73. The minimum Gasteiger partial charge on any atom is -0.384 e. The van der Waals surface area contributed by atoms with Crippen molar-refractivity contribution in [3.05, 3.63) is 35.9 Å². The maximum Gasteiger partial charge on any atom is 0.0992 e. The summed E-state index contributed by atoms with van der Waals surface area (Å²) in [5.74, 6) is 2.46. The second kappa shape index (κ2) is 5.89. The van der Waals surface area contributed by atoms with Gasteiger partial charge in [0.2, 0.25) is 0 Å². The summed E-state index contributed by atoms with van der Waals surface area (Å²) < 4.78 is 0. The van der Waals surface area contributed by atoms with E-state index in [1.54, 1.807) is 0 Å². The highest BCUT2D eigenvalue weighted by atomic mass is 32.2. The Labute approximate surface area is 108 Å². The van der Waals surface area contributed by atoms with Crippen LogP contribution in [0, 0.1) is 0 Å². The summed E-state index contributed by atoms with van der Waals surface area (Å²) in [5.41, 5.74) is 0.208. The Hall–Kier alpha value is -0.510. The summed E-state index contributed by atoms with van der Waals surface area (Å²) in [6, 6.07) is 10.4. The zero-order valence-electron chi connectivity index (χ0n) is 10.4. The van der Waals surface area contributed by atoms with Gasteiger partial charge in [-0.1, -0.05) is 30.3 Å². The van der Waals surface area contributed by atoms with E-state index in [9.17, 15) is 5.11 Å². The number of hydrogen-bond donors (Lipinski definition) is 2. The quantitative estimate of drug-likeness (QED) is 0.862. The first-order chi connectivity index (χ1) is 8.18. The van der Waals surface area contributed by atoms with Gasteiger partial charge in [-0.05, 0) is 31.1 Å². The highest BCUT2D eigenvalue weighted by Crippen LogP contribution is 2.21. The summed E-state index contributed by atoms with van der Waals surface area (Å²) in [4.78, 5) is 0. The first-order valence-electron chi connectivity index (χ1n) is 6.27. The fourth-order valence-corrected chi connectivity index (χ4v) is 3.25. The molecule has 1 aromatic carbocycles. The van der Waals surface area contributed by atoms with Crippen molar-refractivity contribution in [2.75, 3.05) is 18.1 Å². The van der Waals surface area contributed by atoms with Crippen LogP contribution in [0.4, 0.5) is 0 Å². The predicted octanol–water partition coefficient (Wildman–Crippen LogP) is 2.38.